The molecule has 0 unspecified atom stereocenters. The summed E-state index contributed by atoms with van der Waals surface area (Å²) >= 11 is 0. The summed E-state index contributed by atoms with van der Waals surface area (Å²) in [5.74, 6) is -0.807. The molecule has 0 saturated carbocycles. The fraction of sp³-hybridized carbons (Fsp3) is 0.417. The maximum absolute atomic E-state index is 11.7. The van der Waals surface area contributed by atoms with Crippen molar-refractivity contribution in [2.45, 2.75) is 26.2 Å². The van der Waals surface area contributed by atoms with Crippen molar-refractivity contribution in [2.75, 3.05) is 6.61 Å². The van der Waals surface area contributed by atoms with Crippen LogP contribution in [0.2, 0.25) is 0 Å². The van der Waals surface area contributed by atoms with Crippen LogP contribution in [0.3, 0.4) is 0 Å². The fourth-order valence-corrected chi connectivity index (χ4v) is 1.34. The predicted molar refractivity (Wildman–Crippen MR) is 59.4 cm³/mol. The Kier molecular flexibility index (Phi) is 3.42. The molecular weight excluding hydrogens is 208 g/mol. The van der Waals surface area contributed by atoms with Gasteiger partial charge in [0.25, 0.3) is 0 Å². The minimum atomic E-state index is -0.846. The minimum Gasteiger partial charge on any atom is -0.504 e. The largest absolute Gasteiger partial charge is 0.504 e. The van der Waals surface area contributed by atoms with Gasteiger partial charge in [-0.15, -0.1) is 0 Å². The van der Waals surface area contributed by atoms with E-state index in [1.54, 1.807) is 26.8 Å². The van der Waals surface area contributed by atoms with E-state index in [4.69, 9.17) is 4.74 Å². The molecule has 0 aliphatic rings. The van der Waals surface area contributed by atoms with Gasteiger partial charge in [0.2, 0.25) is 0 Å². The number of carbonyl (C=O) groups is 1. The van der Waals surface area contributed by atoms with Gasteiger partial charge in [-0.1, -0.05) is 6.07 Å². The average Bonchev–Trinajstić information content (AvgIpc) is 2.22. The van der Waals surface area contributed by atoms with Gasteiger partial charge in [-0.25, -0.2) is 0 Å². The lowest BCUT2D eigenvalue weighted by Crippen LogP contribution is -2.31. The first-order valence-electron chi connectivity index (χ1n) is 5.09. The minimum absolute atomic E-state index is 0.205. The van der Waals surface area contributed by atoms with Gasteiger partial charge in [0.15, 0.2) is 11.5 Å². The molecule has 1 rings (SSSR count). The Morgan fingerprint density at radius 1 is 1.31 bits per heavy atom. The van der Waals surface area contributed by atoms with Crippen LogP contribution in [-0.4, -0.2) is 22.8 Å². The summed E-state index contributed by atoms with van der Waals surface area (Å²) in [7, 11) is 0. The number of rotatable bonds is 3. The second kappa shape index (κ2) is 4.43. The van der Waals surface area contributed by atoms with Gasteiger partial charge in [-0.3, -0.25) is 4.79 Å². The fourth-order valence-electron chi connectivity index (χ4n) is 1.34. The van der Waals surface area contributed by atoms with Crippen LogP contribution in [0.5, 0.6) is 11.5 Å². The van der Waals surface area contributed by atoms with Crippen LogP contribution in [0, 0.1) is 0 Å². The van der Waals surface area contributed by atoms with Crippen LogP contribution in [-0.2, 0) is 14.9 Å². The summed E-state index contributed by atoms with van der Waals surface area (Å²) in [5.41, 5.74) is -0.248. The normalized spacial score (nSPS) is 11.2. The van der Waals surface area contributed by atoms with Crippen LogP contribution < -0.4 is 0 Å². The van der Waals surface area contributed by atoms with Gasteiger partial charge in [0.1, 0.15) is 0 Å². The van der Waals surface area contributed by atoms with Crippen molar-refractivity contribution in [2.24, 2.45) is 0 Å². The van der Waals surface area contributed by atoms with Crippen molar-refractivity contribution >= 4 is 5.97 Å². The number of hydrogen-bond donors (Lipinski definition) is 2. The average molecular weight is 224 g/mol. The Balaban J connectivity index is 3.06. The molecule has 0 amide bonds. The second-order valence-electron chi connectivity index (χ2n) is 4.05. The Hall–Kier alpha value is -1.71. The molecule has 0 fully saturated rings. The van der Waals surface area contributed by atoms with Gasteiger partial charge < -0.3 is 14.9 Å². The number of esters is 1. The number of ether oxygens (including phenoxy) is 1. The highest BCUT2D eigenvalue weighted by Crippen LogP contribution is 2.32. The first-order chi connectivity index (χ1) is 7.39. The highest BCUT2D eigenvalue weighted by molar-refractivity contribution is 5.82. The van der Waals surface area contributed by atoms with E-state index in [0.29, 0.717) is 12.2 Å². The molecule has 0 heterocycles. The van der Waals surface area contributed by atoms with E-state index in [9.17, 15) is 15.0 Å². The van der Waals surface area contributed by atoms with Gasteiger partial charge >= 0.3 is 5.97 Å². The highest BCUT2D eigenvalue weighted by Gasteiger charge is 2.31. The van der Waals surface area contributed by atoms with Gasteiger partial charge in [0, 0.05) is 0 Å². The monoisotopic (exact) mass is 224 g/mol. The van der Waals surface area contributed by atoms with Gasteiger partial charge in [0.05, 0.1) is 12.0 Å². The Bertz CT molecular complexity index is 396. The Morgan fingerprint density at radius 3 is 2.44 bits per heavy atom. The quantitative estimate of drug-likeness (QED) is 0.608. The van der Waals surface area contributed by atoms with Crippen LogP contribution >= 0.6 is 0 Å². The van der Waals surface area contributed by atoms with E-state index >= 15 is 0 Å². The number of phenols is 2. The van der Waals surface area contributed by atoms with Crippen molar-refractivity contribution in [1.29, 1.82) is 0 Å². The van der Waals surface area contributed by atoms with Crippen molar-refractivity contribution in [3.8, 4) is 11.5 Å². The standard InChI is InChI=1S/C12H16O4/c1-4-16-11(15)12(2,3)8-5-6-9(13)10(14)7-8/h5-7,13-14H,4H2,1-3H3. The molecule has 0 spiro atoms. The van der Waals surface area contributed by atoms with Crippen molar-refractivity contribution in [3.05, 3.63) is 23.8 Å². The molecule has 0 aliphatic carbocycles. The van der Waals surface area contributed by atoms with E-state index < -0.39 is 5.41 Å². The molecule has 2 N–H and O–H groups in total. The van der Waals surface area contributed by atoms with Crippen LogP contribution in [0.4, 0.5) is 0 Å². The zero-order valence-corrected chi connectivity index (χ0v) is 9.65. The zero-order chi connectivity index (χ0) is 12.3. The summed E-state index contributed by atoms with van der Waals surface area (Å²) in [6, 6.07) is 4.31. The number of phenolic OH excluding ortho intramolecular Hbond substituents is 2. The third-order valence-corrected chi connectivity index (χ3v) is 2.48. The predicted octanol–water partition coefficient (Wildman–Crippen LogP) is 1.94. The SMILES string of the molecule is CCOC(=O)C(C)(C)c1ccc(O)c(O)c1. The maximum atomic E-state index is 11.7. The molecule has 0 aromatic heterocycles. The van der Waals surface area contributed by atoms with Crippen molar-refractivity contribution < 1.29 is 19.7 Å². The molecule has 0 bridgehead atoms. The Morgan fingerprint density at radius 2 is 1.94 bits per heavy atom. The number of aromatic hydroxyl groups is 2. The van der Waals surface area contributed by atoms with E-state index in [1.165, 1.54) is 12.1 Å². The summed E-state index contributed by atoms with van der Waals surface area (Å²) < 4.78 is 4.95. The number of carbonyl (C=O) groups excluding carboxylic acids is 1. The molecule has 4 heteroatoms. The number of hydrogen-bond acceptors (Lipinski definition) is 4. The van der Waals surface area contributed by atoms with E-state index in [-0.39, 0.29) is 17.5 Å². The van der Waals surface area contributed by atoms with Crippen molar-refractivity contribution in [3.63, 3.8) is 0 Å². The summed E-state index contributed by atoms with van der Waals surface area (Å²) in [4.78, 5) is 11.7. The lowest BCUT2D eigenvalue weighted by atomic mass is 9.84. The first kappa shape index (κ1) is 12.4. The number of benzene rings is 1. The summed E-state index contributed by atoms with van der Waals surface area (Å²) in [6.07, 6.45) is 0. The lowest BCUT2D eigenvalue weighted by molar-refractivity contribution is -0.148. The molecule has 16 heavy (non-hydrogen) atoms. The smallest absolute Gasteiger partial charge is 0.315 e. The lowest BCUT2D eigenvalue weighted by Gasteiger charge is -2.22. The van der Waals surface area contributed by atoms with Crippen molar-refractivity contribution in [1.82, 2.24) is 0 Å². The van der Waals surface area contributed by atoms with Crippen LogP contribution in [0.1, 0.15) is 26.3 Å². The molecule has 0 radical (unpaired) electrons. The molecule has 0 saturated heterocycles. The van der Waals surface area contributed by atoms with Gasteiger partial charge in [-0.05, 0) is 38.5 Å². The van der Waals surface area contributed by atoms with Gasteiger partial charge in [-0.2, -0.15) is 0 Å². The molecular formula is C12H16O4. The molecule has 1 aromatic carbocycles. The van der Waals surface area contributed by atoms with Crippen LogP contribution in [0.25, 0.3) is 0 Å². The molecule has 4 nitrogen and oxygen atoms in total. The topological polar surface area (TPSA) is 66.8 Å². The summed E-state index contributed by atoms with van der Waals surface area (Å²) in [6.45, 7) is 5.46. The second-order valence-corrected chi connectivity index (χ2v) is 4.05. The molecule has 88 valence electrons. The maximum Gasteiger partial charge on any atom is 0.315 e. The van der Waals surface area contributed by atoms with E-state index in [0.717, 1.165) is 0 Å². The molecule has 0 aliphatic heterocycles. The van der Waals surface area contributed by atoms with E-state index in [2.05, 4.69) is 0 Å². The highest BCUT2D eigenvalue weighted by atomic mass is 16.5. The zero-order valence-electron chi connectivity index (χ0n) is 9.65. The van der Waals surface area contributed by atoms with E-state index in [1.807, 2.05) is 0 Å². The van der Waals surface area contributed by atoms with Crippen LogP contribution in [0.15, 0.2) is 18.2 Å². The Labute approximate surface area is 94.5 Å². The summed E-state index contributed by atoms with van der Waals surface area (Å²) in [5, 5.41) is 18.6. The molecule has 0 atom stereocenters. The molecule has 1 aromatic rings. The third-order valence-electron chi connectivity index (χ3n) is 2.48. The third kappa shape index (κ3) is 2.27. The first-order valence-corrected chi connectivity index (χ1v) is 5.09.